The van der Waals surface area contributed by atoms with E-state index >= 15 is 0 Å². The zero-order valence-corrected chi connectivity index (χ0v) is 6.18. The van der Waals surface area contributed by atoms with Gasteiger partial charge in [-0.05, 0) is 18.6 Å². The van der Waals surface area contributed by atoms with E-state index in [1.807, 2.05) is 13.0 Å². The summed E-state index contributed by atoms with van der Waals surface area (Å²) in [7, 11) is 0. The van der Waals surface area contributed by atoms with E-state index in [0.29, 0.717) is 10.7 Å². The third-order valence-corrected chi connectivity index (χ3v) is 1.56. The summed E-state index contributed by atoms with van der Waals surface area (Å²) in [5.41, 5.74) is 1.29. The third kappa shape index (κ3) is 1.26. The van der Waals surface area contributed by atoms with Crippen molar-refractivity contribution in [1.29, 1.82) is 5.26 Å². The van der Waals surface area contributed by atoms with E-state index in [1.165, 1.54) is 6.20 Å². The molecule has 0 aromatic carbocycles. The predicted molar refractivity (Wildman–Crippen MR) is 38.7 cm³/mol. The van der Waals surface area contributed by atoms with Crippen LogP contribution in [-0.2, 0) is 0 Å². The molecule has 0 unspecified atom stereocenters. The predicted octanol–water partition coefficient (Wildman–Crippen LogP) is 1.92. The molecule has 1 aromatic heterocycles. The topological polar surface area (TPSA) is 36.7 Å². The number of rotatable bonds is 0. The van der Waals surface area contributed by atoms with Gasteiger partial charge in [-0.15, -0.1) is 0 Å². The molecular weight excluding hydrogens is 148 g/mol. The number of halogens is 1. The van der Waals surface area contributed by atoms with Gasteiger partial charge in [-0.3, -0.25) is 0 Å². The van der Waals surface area contributed by atoms with Crippen LogP contribution in [0.25, 0.3) is 0 Å². The fraction of sp³-hybridized carbons (Fsp3) is 0.143. The molecule has 0 saturated heterocycles. The zero-order valence-electron chi connectivity index (χ0n) is 5.43. The average molecular weight is 153 g/mol. The van der Waals surface area contributed by atoms with Gasteiger partial charge < -0.3 is 0 Å². The lowest BCUT2D eigenvalue weighted by molar-refractivity contribution is 1.23. The average Bonchev–Trinajstić information content (AvgIpc) is 1.95. The molecule has 0 saturated carbocycles. The van der Waals surface area contributed by atoms with Gasteiger partial charge in [-0.2, -0.15) is 5.26 Å². The van der Waals surface area contributed by atoms with Gasteiger partial charge in [0.1, 0.15) is 11.8 Å². The second-order valence-electron chi connectivity index (χ2n) is 1.93. The molecule has 1 rings (SSSR count). The first-order valence-electron chi connectivity index (χ1n) is 2.76. The molecule has 1 heterocycles. The van der Waals surface area contributed by atoms with Crippen molar-refractivity contribution in [2.45, 2.75) is 6.92 Å². The Hall–Kier alpha value is -1.07. The van der Waals surface area contributed by atoms with E-state index in [4.69, 9.17) is 16.9 Å². The van der Waals surface area contributed by atoms with Gasteiger partial charge in [0.05, 0.1) is 5.02 Å². The summed E-state index contributed by atoms with van der Waals surface area (Å²) in [5, 5.41) is 8.99. The van der Waals surface area contributed by atoms with Crippen LogP contribution >= 0.6 is 11.6 Å². The summed E-state index contributed by atoms with van der Waals surface area (Å²) in [6.07, 6.45) is 1.48. The summed E-state index contributed by atoms with van der Waals surface area (Å²) >= 11 is 5.67. The number of nitrogens with zero attached hydrogens (tertiary/aromatic N) is 2. The van der Waals surface area contributed by atoms with Gasteiger partial charge >= 0.3 is 0 Å². The monoisotopic (exact) mass is 152 g/mol. The lowest BCUT2D eigenvalue weighted by Gasteiger charge is -1.93. The van der Waals surface area contributed by atoms with E-state index in [-0.39, 0.29) is 0 Å². The van der Waals surface area contributed by atoms with Crippen LogP contribution in [0.2, 0.25) is 5.02 Å². The maximum Gasteiger partial charge on any atom is 0.140 e. The van der Waals surface area contributed by atoms with Crippen molar-refractivity contribution in [1.82, 2.24) is 4.98 Å². The van der Waals surface area contributed by atoms with E-state index in [2.05, 4.69) is 4.98 Å². The molecule has 0 aliphatic carbocycles. The second kappa shape index (κ2) is 2.68. The van der Waals surface area contributed by atoms with Crippen LogP contribution in [0, 0.1) is 18.3 Å². The highest BCUT2D eigenvalue weighted by Gasteiger charge is 1.95. The summed E-state index contributed by atoms with van der Waals surface area (Å²) in [6.45, 7) is 1.84. The molecule has 3 heteroatoms. The van der Waals surface area contributed by atoms with Gasteiger partial charge in [0, 0.05) is 6.20 Å². The first-order chi connectivity index (χ1) is 4.74. The lowest BCUT2D eigenvalue weighted by atomic mass is 10.2. The van der Waals surface area contributed by atoms with Gasteiger partial charge in [-0.25, -0.2) is 4.98 Å². The quantitative estimate of drug-likeness (QED) is 0.570. The van der Waals surface area contributed by atoms with E-state index < -0.39 is 0 Å². The molecule has 0 amide bonds. The number of nitriles is 1. The zero-order chi connectivity index (χ0) is 7.56. The van der Waals surface area contributed by atoms with Crippen LogP contribution in [0.3, 0.4) is 0 Å². The maximum absolute atomic E-state index is 8.40. The molecule has 0 N–H and O–H groups in total. The van der Waals surface area contributed by atoms with Crippen LogP contribution < -0.4 is 0 Å². The highest BCUT2D eigenvalue weighted by atomic mass is 35.5. The summed E-state index contributed by atoms with van der Waals surface area (Å²) in [6, 6.07) is 3.58. The van der Waals surface area contributed by atoms with Gasteiger partial charge in [0.25, 0.3) is 0 Å². The number of aryl methyl sites for hydroxylation is 1. The molecule has 50 valence electrons. The van der Waals surface area contributed by atoms with Crippen LogP contribution in [0.1, 0.15) is 11.3 Å². The van der Waals surface area contributed by atoms with Gasteiger partial charge in [-0.1, -0.05) is 11.6 Å². The van der Waals surface area contributed by atoms with Crippen LogP contribution in [0.5, 0.6) is 0 Å². The van der Waals surface area contributed by atoms with Crippen molar-refractivity contribution >= 4 is 11.6 Å². The first-order valence-corrected chi connectivity index (χ1v) is 3.14. The Morgan fingerprint density at radius 3 is 2.90 bits per heavy atom. The van der Waals surface area contributed by atoms with Crippen LogP contribution in [-0.4, -0.2) is 4.98 Å². The number of hydrogen-bond donors (Lipinski definition) is 0. The normalized spacial score (nSPS) is 8.90. The Morgan fingerprint density at radius 1 is 1.70 bits per heavy atom. The smallest absolute Gasteiger partial charge is 0.140 e. The molecule has 2 nitrogen and oxygen atoms in total. The Bertz CT molecular complexity index is 288. The van der Waals surface area contributed by atoms with E-state index in [9.17, 15) is 0 Å². The van der Waals surface area contributed by atoms with Crippen molar-refractivity contribution in [3.05, 3.63) is 28.5 Å². The standard InChI is InChI=1S/C7H5ClN2/c1-5-2-6(3-9)10-4-7(5)8/h2,4H,1H3. The first kappa shape index (κ1) is 7.04. The summed E-state index contributed by atoms with van der Waals surface area (Å²) in [5.74, 6) is 0. The number of pyridine rings is 1. The van der Waals surface area contributed by atoms with Crippen molar-refractivity contribution in [2.24, 2.45) is 0 Å². The SMILES string of the molecule is Cc1cc(C#N)ncc1Cl. The third-order valence-electron chi connectivity index (χ3n) is 1.16. The molecule has 1 aromatic rings. The van der Waals surface area contributed by atoms with Gasteiger partial charge in [0.15, 0.2) is 0 Å². The molecule has 0 atom stereocenters. The fourth-order valence-corrected chi connectivity index (χ4v) is 0.704. The largest absolute Gasteiger partial charge is 0.244 e. The Morgan fingerprint density at radius 2 is 2.40 bits per heavy atom. The lowest BCUT2D eigenvalue weighted by Crippen LogP contribution is -1.83. The van der Waals surface area contributed by atoms with E-state index in [0.717, 1.165) is 5.56 Å². The van der Waals surface area contributed by atoms with Crippen molar-refractivity contribution in [3.63, 3.8) is 0 Å². The molecule has 0 bridgehead atoms. The number of hydrogen-bond acceptors (Lipinski definition) is 2. The van der Waals surface area contributed by atoms with Crippen molar-refractivity contribution in [3.8, 4) is 6.07 Å². The number of aromatic nitrogens is 1. The minimum Gasteiger partial charge on any atom is -0.244 e. The van der Waals surface area contributed by atoms with Gasteiger partial charge in [0.2, 0.25) is 0 Å². The maximum atomic E-state index is 8.40. The molecule has 0 radical (unpaired) electrons. The summed E-state index contributed by atoms with van der Waals surface area (Å²) in [4.78, 5) is 3.76. The molecule has 0 spiro atoms. The second-order valence-corrected chi connectivity index (χ2v) is 2.34. The van der Waals surface area contributed by atoms with E-state index in [1.54, 1.807) is 6.07 Å². The Labute approximate surface area is 64.1 Å². The highest BCUT2D eigenvalue weighted by molar-refractivity contribution is 6.31. The molecule has 0 aliphatic rings. The van der Waals surface area contributed by atoms with Crippen molar-refractivity contribution < 1.29 is 0 Å². The molecule has 0 aliphatic heterocycles. The molecule has 10 heavy (non-hydrogen) atoms. The fourth-order valence-electron chi connectivity index (χ4n) is 0.600. The Balaban J connectivity index is 3.20. The summed E-state index contributed by atoms with van der Waals surface area (Å²) < 4.78 is 0. The van der Waals surface area contributed by atoms with Crippen molar-refractivity contribution in [2.75, 3.05) is 0 Å². The Kier molecular flexibility index (Phi) is 1.88. The molecule has 0 fully saturated rings. The van der Waals surface area contributed by atoms with Crippen LogP contribution in [0.15, 0.2) is 12.3 Å². The molecular formula is C7H5ClN2. The minimum atomic E-state index is 0.405. The highest BCUT2D eigenvalue weighted by Crippen LogP contribution is 2.12. The van der Waals surface area contributed by atoms with Crippen LogP contribution in [0.4, 0.5) is 0 Å². The minimum absolute atomic E-state index is 0.405.